The summed E-state index contributed by atoms with van der Waals surface area (Å²) >= 11 is 0. The minimum absolute atomic E-state index is 0.157. The molecule has 1 spiro atoms. The summed E-state index contributed by atoms with van der Waals surface area (Å²) in [6.07, 6.45) is 10.2. The van der Waals surface area contributed by atoms with Gasteiger partial charge in [-0.15, -0.1) is 0 Å². The third-order valence-corrected chi connectivity index (χ3v) is 7.37. The Kier molecular flexibility index (Phi) is 2.65. The molecule has 0 radical (unpaired) electrons. The molecule has 1 aromatic rings. The van der Waals surface area contributed by atoms with Crippen LogP contribution in [0.1, 0.15) is 38.5 Å². The maximum atomic E-state index is 12.3. The minimum atomic E-state index is -3.13. The van der Waals surface area contributed by atoms with E-state index in [0.29, 0.717) is 10.3 Å². The second-order valence-electron chi connectivity index (χ2n) is 6.61. The van der Waals surface area contributed by atoms with E-state index in [1.165, 1.54) is 31.9 Å². The van der Waals surface area contributed by atoms with Gasteiger partial charge in [0.15, 0.2) is 9.84 Å². The Morgan fingerprint density at radius 3 is 2.40 bits per heavy atom. The standard InChI is InChI=1S/C15H20N2O2S/c18-20(19,13-1-2-13)14-9-12(10-16-11-14)17-7-5-15(3-4-15)6-8-17/h9-11,13H,1-8H2. The number of anilines is 1. The number of aromatic nitrogens is 1. The van der Waals surface area contributed by atoms with Gasteiger partial charge in [-0.2, -0.15) is 0 Å². The van der Waals surface area contributed by atoms with Gasteiger partial charge in [0.2, 0.25) is 0 Å². The fourth-order valence-corrected chi connectivity index (χ4v) is 4.86. The van der Waals surface area contributed by atoms with Crippen LogP contribution in [0.15, 0.2) is 23.4 Å². The van der Waals surface area contributed by atoms with Crippen molar-refractivity contribution in [2.75, 3.05) is 18.0 Å². The summed E-state index contributed by atoms with van der Waals surface area (Å²) in [6.45, 7) is 2.07. The van der Waals surface area contributed by atoms with Gasteiger partial charge in [0.1, 0.15) is 0 Å². The van der Waals surface area contributed by atoms with E-state index in [9.17, 15) is 8.42 Å². The molecule has 0 atom stereocenters. The molecule has 0 unspecified atom stereocenters. The van der Waals surface area contributed by atoms with Crippen LogP contribution >= 0.6 is 0 Å². The molecule has 1 aliphatic heterocycles. The first kappa shape index (κ1) is 12.6. The van der Waals surface area contributed by atoms with E-state index in [-0.39, 0.29) is 5.25 Å². The van der Waals surface area contributed by atoms with Crippen molar-refractivity contribution in [1.29, 1.82) is 0 Å². The first-order valence-electron chi connectivity index (χ1n) is 7.53. The predicted octanol–water partition coefficient (Wildman–Crippen LogP) is 2.40. The van der Waals surface area contributed by atoms with Crippen molar-refractivity contribution >= 4 is 15.5 Å². The minimum Gasteiger partial charge on any atom is -0.370 e. The number of pyridine rings is 1. The first-order valence-corrected chi connectivity index (χ1v) is 9.08. The van der Waals surface area contributed by atoms with Crippen LogP contribution in [-0.4, -0.2) is 31.7 Å². The van der Waals surface area contributed by atoms with Crippen LogP contribution in [-0.2, 0) is 9.84 Å². The Bertz CT molecular complexity index is 623. The van der Waals surface area contributed by atoms with Gasteiger partial charge in [-0.3, -0.25) is 4.98 Å². The van der Waals surface area contributed by atoms with Crippen molar-refractivity contribution in [2.45, 2.75) is 48.7 Å². The van der Waals surface area contributed by atoms with Crippen molar-refractivity contribution in [3.8, 4) is 0 Å². The molecule has 0 bridgehead atoms. The van der Waals surface area contributed by atoms with Crippen molar-refractivity contribution in [1.82, 2.24) is 4.98 Å². The fourth-order valence-electron chi connectivity index (χ4n) is 3.22. The Morgan fingerprint density at radius 2 is 1.80 bits per heavy atom. The average Bonchev–Trinajstić information content (AvgIpc) is 3.35. The molecule has 4 nitrogen and oxygen atoms in total. The molecule has 2 aliphatic carbocycles. The fraction of sp³-hybridized carbons (Fsp3) is 0.667. The summed E-state index contributed by atoms with van der Waals surface area (Å²) < 4.78 is 24.6. The van der Waals surface area contributed by atoms with Crippen LogP contribution in [0.2, 0.25) is 0 Å². The molecule has 2 heterocycles. The van der Waals surface area contributed by atoms with Gasteiger partial charge in [0.25, 0.3) is 0 Å². The van der Waals surface area contributed by atoms with E-state index >= 15 is 0 Å². The quantitative estimate of drug-likeness (QED) is 0.858. The van der Waals surface area contributed by atoms with E-state index in [1.54, 1.807) is 6.20 Å². The van der Waals surface area contributed by atoms with Crippen molar-refractivity contribution in [2.24, 2.45) is 5.41 Å². The SMILES string of the molecule is O=S(=O)(c1cncc(N2CCC3(CC2)CC3)c1)C1CC1. The summed E-state index contributed by atoms with van der Waals surface area (Å²) in [5.74, 6) is 0. The first-order chi connectivity index (χ1) is 9.59. The van der Waals surface area contributed by atoms with Gasteiger partial charge >= 0.3 is 0 Å². The number of piperidine rings is 1. The number of hydrogen-bond donors (Lipinski definition) is 0. The Balaban J connectivity index is 1.56. The number of hydrogen-bond acceptors (Lipinski definition) is 4. The summed E-state index contributed by atoms with van der Waals surface area (Å²) in [5.41, 5.74) is 1.61. The summed E-state index contributed by atoms with van der Waals surface area (Å²) in [4.78, 5) is 6.87. The zero-order chi connectivity index (χ0) is 13.8. The monoisotopic (exact) mass is 292 g/mol. The van der Waals surface area contributed by atoms with Gasteiger partial charge in [0, 0.05) is 19.3 Å². The molecular weight excluding hydrogens is 272 g/mol. The second kappa shape index (κ2) is 4.20. The molecular formula is C15H20N2O2S. The molecule has 3 fully saturated rings. The highest BCUT2D eigenvalue weighted by Gasteiger charge is 2.44. The maximum Gasteiger partial charge on any atom is 0.182 e. The largest absolute Gasteiger partial charge is 0.370 e. The Morgan fingerprint density at radius 1 is 1.10 bits per heavy atom. The van der Waals surface area contributed by atoms with Gasteiger partial charge in [-0.25, -0.2) is 8.42 Å². The zero-order valence-electron chi connectivity index (χ0n) is 11.6. The number of rotatable bonds is 3. The lowest BCUT2D eigenvalue weighted by Crippen LogP contribution is -2.34. The molecule has 2 saturated carbocycles. The lowest BCUT2D eigenvalue weighted by molar-refractivity contribution is 0.384. The maximum absolute atomic E-state index is 12.3. The molecule has 0 amide bonds. The number of nitrogens with zero attached hydrogens (tertiary/aromatic N) is 2. The van der Waals surface area contributed by atoms with Gasteiger partial charge in [0.05, 0.1) is 22.0 Å². The molecule has 5 heteroatoms. The molecule has 4 rings (SSSR count). The predicted molar refractivity (Wildman–Crippen MR) is 77.6 cm³/mol. The Hall–Kier alpha value is -1.10. The second-order valence-corrected chi connectivity index (χ2v) is 8.84. The molecule has 1 aromatic heterocycles. The van der Waals surface area contributed by atoms with Gasteiger partial charge < -0.3 is 4.90 Å². The molecule has 20 heavy (non-hydrogen) atoms. The van der Waals surface area contributed by atoms with Crippen LogP contribution in [0.4, 0.5) is 5.69 Å². The van der Waals surface area contributed by atoms with Crippen LogP contribution in [0, 0.1) is 5.41 Å². The van der Waals surface area contributed by atoms with Crippen molar-refractivity contribution in [3.63, 3.8) is 0 Å². The van der Waals surface area contributed by atoms with Gasteiger partial charge in [-0.05, 0) is 50.0 Å². The topological polar surface area (TPSA) is 50.3 Å². The molecule has 0 N–H and O–H groups in total. The highest BCUT2D eigenvalue weighted by atomic mass is 32.2. The summed E-state index contributed by atoms with van der Waals surface area (Å²) in [7, 11) is -3.13. The van der Waals surface area contributed by atoms with Crippen LogP contribution in [0.5, 0.6) is 0 Å². The normalized spacial score (nSPS) is 24.9. The van der Waals surface area contributed by atoms with Crippen molar-refractivity contribution in [3.05, 3.63) is 18.5 Å². The van der Waals surface area contributed by atoms with E-state index in [2.05, 4.69) is 9.88 Å². The lowest BCUT2D eigenvalue weighted by atomic mass is 9.93. The zero-order valence-corrected chi connectivity index (χ0v) is 12.4. The summed E-state index contributed by atoms with van der Waals surface area (Å²) in [6, 6.07) is 1.82. The van der Waals surface area contributed by atoms with E-state index in [4.69, 9.17) is 0 Å². The highest BCUT2D eigenvalue weighted by molar-refractivity contribution is 7.92. The number of sulfone groups is 1. The molecule has 0 aromatic carbocycles. The van der Waals surface area contributed by atoms with E-state index in [0.717, 1.165) is 31.6 Å². The van der Waals surface area contributed by atoms with Crippen LogP contribution < -0.4 is 4.90 Å². The smallest absolute Gasteiger partial charge is 0.182 e. The van der Waals surface area contributed by atoms with Gasteiger partial charge in [-0.1, -0.05) is 0 Å². The van der Waals surface area contributed by atoms with E-state index in [1.807, 2.05) is 6.07 Å². The molecule has 3 aliphatic rings. The summed E-state index contributed by atoms with van der Waals surface area (Å²) in [5, 5.41) is -0.157. The third-order valence-electron chi connectivity index (χ3n) is 5.14. The van der Waals surface area contributed by atoms with Crippen molar-refractivity contribution < 1.29 is 8.42 Å². The molecule has 1 saturated heterocycles. The lowest BCUT2D eigenvalue weighted by Gasteiger charge is -2.33. The molecule has 108 valence electrons. The average molecular weight is 292 g/mol. The Labute approximate surface area is 120 Å². The van der Waals surface area contributed by atoms with E-state index < -0.39 is 9.84 Å². The highest BCUT2D eigenvalue weighted by Crippen LogP contribution is 2.53. The third kappa shape index (κ3) is 2.12. The van der Waals surface area contributed by atoms with Crippen LogP contribution in [0.3, 0.4) is 0 Å². The van der Waals surface area contributed by atoms with Crippen LogP contribution in [0.25, 0.3) is 0 Å².